The number of hydrogen-bond donors (Lipinski definition) is 4. The molecule has 4 aromatic rings. The van der Waals surface area contributed by atoms with Gasteiger partial charge in [-0.3, -0.25) is 9.59 Å². The largest absolute Gasteiger partial charge is 0.453 e. The Morgan fingerprint density at radius 1 is 0.875 bits per heavy atom. The van der Waals surface area contributed by atoms with Gasteiger partial charge in [0.25, 0.3) is 0 Å². The maximum absolute atomic E-state index is 13.5. The molecular formula is C36H44N8O4. The second kappa shape index (κ2) is 14.3. The van der Waals surface area contributed by atoms with Crippen LogP contribution in [0, 0.1) is 5.92 Å². The Morgan fingerprint density at radius 3 is 2.10 bits per heavy atom. The fourth-order valence-electron chi connectivity index (χ4n) is 6.72. The molecule has 3 atom stereocenters. The number of anilines is 1. The van der Waals surface area contributed by atoms with Crippen LogP contribution in [0.4, 0.5) is 10.7 Å². The molecule has 252 valence electrons. The van der Waals surface area contributed by atoms with Gasteiger partial charge in [-0.15, -0.1) is 0 Å². The van der Waals surface area contributed by atoms with Crippen LogP contribution in [-0.2, 0) is 14.3 Å². The minimum Gasteiger partial charge on any atom is -0.453 e. The number of carbonyl (C=O) groups excluding carboxylic acids is 3. The lowest BCUT2D eigenvalue weighted by Gasteiger charge is -2.30. The van der Waals surface area contributed by atoms with Gasteiger partial charge in [-0.25, -0.2) is 14.8 Å². The minimum absolute atomic E-state index is 0.0508. The van der Waals surface area contributed by atoms with Crippen molar-refractivity contribution < 1.29 is 19.1 Å². The van der Waals surface area contributed by atoms with E-state index in [1.165, 1.54) is 7.11 Å². The van der Waals surface area contributed by atoms with Gasteiger partial charge >= 0.3 is 6.09 Å². The number of likely N-dealkylation sites (N-methyl/N-ethyl adjacent to an activating group) is 1. The van der Waals surface area contributed by atoms with Crippen LogP contribution in [0.3, 0.4) is 0 Å². The molecule has 2 aliphatic rings. The summed E-state index contributed by atoms with van der Waals surface area (Å²) in [5.41, 5.74) is 5.98. The van der Waals surface area contributed by atoms with E-state index >= 15 is 0 Å². The molecule has 2 aliphatic heterocycles. The number of benzene rings is 2. The average Bonchev–Trinajstić information content (AvgIpc) is 3.93. The first kappa shape index (κ1) is 32.8. The summed E-state index contributed by atoms with van der Waals surface area (Å²) in [6.45, 7) is 7.78. The maximum atomic E-state index is 13.5. The molecule has 2 aromatic heterocycles. The molecule has 0 aliphatic carbocycles. The average molecular weight is 653 g/mol. The van der Waals surface area contributed by atoms with Gasteiger partial charge in [0.1, 0.15) is 17.9 Å². The van der Waals surface area contributed by atoms with E-state index in [1.807, 2.05) is 38.1 Å². The standard InChI is InChI=1S/C36H44N8O4/c1-5-37-33(45)30-9-7-19-44(30)35-39-21-28(41-35)26-16-12-24(13-17-26)23-10-14-25(15-11-23)27-20-38-32(40-27)29-8-6-18-43(29)34(46)31(22(2)3)42-36(47)48-4/h10-17,20-22,29-31H,5-9,18-19H2,1-4H3,(H,37,45)(H,38,40)(H,39,41)(H,42,47). The highest BCUT2D eigenvalue weighted by Crippen LogP contribution is 2.34. The predicted octanol–water partition coefficient (Wildman–Crippen LogP) is 5.28. The third-order valence-corrected chi connectivity index (χ3v) is 9.30. The van der Waals surface area contributed by atoms with Crippen molar-refractivity contribution >= 4 is 23.9 Å². The van der Waals surface area contributed by atoms with E-state index in [2.05, 4.69) is 84.0 Å². The summed E-state index contributed by atoms with van der Waals surface area (Å²) in [7, 11) is 1.29. The molecule has 48 heavy (non-hydrogen) atoms. The van der Waals surface area contributed by atoms with Gasteiger partial charge < -0.3 is 35.1 Å². The second-order valence-electron chi connectivity index (χ2n) is 12.8. The lowest BCUT2D eigenvalue weighted by Crippen LogP contribution is -2.51. The molecule has 12 nitrogen and oxygen atoms in total. The molecule has 3 amide bonds. The molecular weight excluding hydrogens is 608 g/mol. The second-order valence-corrected chi connectivity index (χ2v) is 12.8. The number of nitrogens with one attached hydrogen (secondary N) is 4. The van der Waals surface area contributed by atoms with E-state index < -0.39 is 12.1 Å². The highest BCUT2D eigenvalue weighted by atomic mass is 16.5. The summed E-state index contributed by atoms with van der Waals surface area (Å²) in [4.78, 5) is 57.9. The van der Waals surface area contributed by atoms with Gasteiger partial charge in [0.15, 0.2) is 0 Å². The predicted molar refractivity (Wildman–Crippen MR) is 184 cm³/mol. The van der Waals surface area contributed by atoms with Crippen LogP contribution in [0.15, 0.2) is 60.9 Å². The number of nitrogens with zero attached hydrogens (tertiary/aromatic N) is 4. The minimum atomic E-state index is -0.672. The third kappa shape index (κ3) is 6.78. The number of alkyl carbamates (subject to hydrolysis) is 1. The number of hydrogen-bond acceptors (Lipinski definition) is 7. The zero-order valence-electron chi connectivity index (χ0n) is 28.0. The number of carbonyl (C=O) groups is 3. The van der Waals surface area contributed by atoms with E-state index in [9.17, 15) is 14.4 Å². The SMILES string of the molecule is CCNC(=O)C1CCCN1c1ncc(-c2ccc(-c3ccc(-c4cnc(C5CCCN5C(=O)C(NC(=O)OC)C(C)C)[nH]4)cc3)cc2)[nH]1. The molecule has 12 heteroatoms. The van der Waals surface area contributed by atoms with E-state index in [1.54, 1.807) is 0 Å². The van der Waals surface area contributed by atoms with Crippen molar-refractivity contribution in [1.82, 2.24) is 35.5 Å². The van der Waals surface area contributed by atoms with Crippen LogP contribution in [0.5, 0.6) is 0 Å². The summed E-state index contributed by atoms with van der Waals surface area (Å²) >= 11 is 0. The fourth-order valence-corrected chi connectivity index (χ4v) is 6.72. The van der Waals surface area contributed by atoms with Crippen molar-refractivity contribution in [3.05, 3.63) is 66.7 Å². The maximum Gasteiger partial charge on any atom is 0.407 e. The smallest absolute Gasteiger partial charge is 0.407 e. The van der Waals surface area contributed by atoms with Crippen molar-refractivity contribution in [2.24, 2.45) is 5.92 Å². The number of aromatic nitrogens is 4. The summed E-state index contributed by atoms with van der Waals surface area (Å²) in [6, 6.07) is 15.6. The van der Waals surface area contributed by atoms with Gasteiger partial charge in [0.2, 0.25) is 17.8 Å². The number of methoxy groups -OCH3 is 1. The Balaban J connectivity index is 1.11. The topological polar surface area (TPSA) is 148 Å². The molecule has 0 spiro atoms. The van der Waals surface area contributed by atoms with Crippen LogP contribution in [0.2, 0.25) is 0 Å². The Hall–Kier alpha value is -5.13. The van der Waals surface area contributed by atoms with Crippen LogP contribution < -0.4 is 15.5 Å². The van der Waals surface area contributed by atoms with Crippen molar-refractivity contribution in [3.8, 4) is 33.6 Å². The molecule has 2 fully saturated rings. The highest BCUT2D eigenvalue weighted by Gasteiger charge is 2.37. The zero-order valence-corrected chi connectivity index (χ0v) is 28.0. The first-order valence-corrected chi connectivity index (χ1v) is 16.8. The Bertz CT molecular complexity index is 1730. The van der Waals surface area contributed by atoms with Crippen LogP contribution >= 0.6 is 0 Å². The number of aromatic amines is 2. The molecule has 4 heterocycles. The van der Waals surface area contributed by atoms with E-state index in [-0.39, 0.29) is 29.8 Å². The van der Waals surface area contributed by atoms with E-state index in [0.29, 0.717) is 13.1 Å². The lowest BCUT2D eigenvalue weighted by atomic mass is 10.0. The van der Waals surface area contributed by atoms with Crippen LogP contribution in [-0.4, -0.2) is 81.6 Å². The number of rotatable bonds is 10. The summed E-state index contributed by atoms with van der Waals surface area (Å²) in [5, 5.41) is 5.63. The van der Waals surface area contributed by atoms with Gasteiger partial charge in [-0.1, -0.05) is 62.4 Å². The first-order chi connectivity index (χ1) is 23.3. The van der Waals surface area contributed by atoms with Crippen molar-refractivity contribution in [1.29, 1.82) is 0 Å². The van der Waals surface area contributed by atoms with Gasteiger partial charge in [-0.2, -0.15) is 0 Å². The highest BCUT2D eigenvalue weighted by molar-refractivity contribution is 5.87. The summed E-state index contributed by atoms with van der Waals surface area (Å²) < 4.78 is 4.74. The number of ether oxygens (including phenoxy) is 1. The van der Waals surface area contributed by atoms with Gasteiger partial charge in [-0.05, 0) is 60.8 Å². The number of H-pyrrole nitrogens is 2. The fraction of sp³-hybridized carbons (Fsp3) is 0.417. The quantitative estimate of drug-likeness (QED) is 0.182. The lowest BCUT2D eigenvalue weighted by molar-refractivity contribution is -0.135. The third-order valence-electron chi connectivity index (χ3n) is 9.30. The normalized spacial score (nSPS) is 18.3. The van der Waals surface area contributed by atoms with Gasteiger partial charge in [0.05, 0.1) is 36.9 Å². The van der Waals surface area contributed by atoms with Gasteiger partial charge in [0, 0.05) is 19.6 Å². The first-order valence-electron chi connectivity index (χ1n) is 16.8. The molecule has 6 rings (SSSR count). The molecule has 2 aromatic carbocycles. The van der Waals surface area contributed by atoms with Crippen molar-refractivity contribution in [2.75, 3.05) is 31.6 Å². The Kier molecular flexibility index (Phi) is 9.79. The number of likely N-dealkylation sites (tertiary alicyclic amines) is 1. The molecule has 3 unspecified atom stereocenters. The van der Waals surface area contributed by atoms with E-state index in [0.717, 1.165) is 77.6 Å². The number of imidazole rings is 2. The monoisotopic (exact) mass is 652 g/mol. The molecule has 0 radical (unpaired) electrons. The summed E-state index contributed by atoms with van der Waals surface area (Å²) in [5.74, 6) is 1.29. The van der Waals surface area contributed by atoms with Crippen molar-refractivity contribution in [3.63, 3.8) is 0 Å². The number of amides is 3. The molecule has 2 saturated heterocycles. The van der Waals surface area contributed by atoms with E-state index in [4.69, 9.17) is 4.74 Å². The molecule has 0 bridgehead atoms. The zero-order chi connectivity index (χ0) is 33.8. The molecule has 4 N–H and O–H groups in total. The summed E-state index contributed by atoms with van der Waals surface area (Å²) in [6.07, 6.45) is 6.47. The Labute approximate surface area is 280 Å². The Morgan fingerprint density at radius 2 is 1.48 bits per heavy atom. The van der Waals surface area contributed by atoms with Crippen LogP contribution in [0.1, 0.15) is 58.3 Å². The molecule has 0 saturated carbocycles. The van der Waals surface area contributed by atoms with Crippen LogP contribution in [0.25, 0.3) is 33.6 Å². The van der Waals surface area contributed by atoms with Crippen molar-refractivity contribution in [2.45, 2.75) is 64.6 Å².